The minimum Gasteiger partial charge on any atom is -0.378 e. The zero-order valence-electron chi connectivity index (χ0n) is 13.7. The summed E-state index contributed by atoms with van der Waals surface area (Å²) in [6.07, 6.45) is 1.69. The van der Waals surface area contributed by atoms with Crippen LogP contribution in [0.2, 0.25) is 0 Å². The van der Waals surface area contributed by atoms with E-state index in [0.29, 0.717) is 5.69 Å². The molecule has 1 aliphatic heterocycles. The van der Waals surface area contributed by atoms with E-state index in [1.165, 1.54) is 0 Å². The molecule has 0 bridgehead atoms. The van der Waals surface area contributed by atoms with Crippen molar-refractivity contribution in [2.45, 2.75) is 0 Å². The fraction of sp³-hybridized carbons (Fsp3) is 0.294. The average Bonchev–Trinajstić information content (AvgIpc) is 2.62. The van der Waals surface area contributed by atoms with Crippen molar-refractivity contribution in [2.24, 2.45) is 0 Å². The van der Waals surface area contributed by atoms with E-state index < -0.39 is 0 Å². The van der Waals surface area contributed by atoms with Crippen molar-refractivity contribution in [3.8, 4) is 0 Å². The van der Waals surface area contributed by atoms with E-state index in [1.807, 2.05) is 42.5 Å². The molecule has 0 aliphatic carbocycles. The van der Waals surface area contributed by atoms with E-state index >= 15 is 0 Å². The molecule has 1 fully saturated rings. The van der Waals surface area contributed by atoms with E-state index in [-0.39, 0.29) is 37.3 Å². The summed E-state index contributed by atoms with van der Waals surface area (Å²) in [7, 11) is 0. The Morgan fingerprint density at radius 2 is 1.76 bits per heavy atom. The van der Waals surface area contributed by atoms with E-state index in [9.17, 15) is 4.79 Å². The van der Waals surface area contributed by atoms with Crippen LogP contribution in [0.3, 0.4) is 0 Å². The van der Waals surface area contributed by atoms with Crippen molar-refractivity contribution in [2.75, 3.05) is 48.4 Å². The number of rotatable bonds is 5. The standard InChI is InChI=1S/C17H20N4O2.2ClH/c22-17(13-18-14-4-2-1-3-5-14)20-15-6-7-16(19-12-15)21-8-10-23-11-9-21;;/h1-7,12,18H,8-11,13H2,(H,20,22);2*1H. The molecule has 0 saturated carbocycles. The van der Waals surface area contributed by atoms with Gasteiger partial charge in [-0.3, -0.25) is 4.79 Å². The number of hydrogen-bond acceptors (Lipinski definition) is 5. The number of ether oxygens (including phenoxy) is 1. The lowest BCUT2D eigenvalue weighted by Gasteiger charge is -2.27. The first-order valence-corrected chi connectivity index (χ1v) is 7.69. The number of aromatic nitrogens is 1. The number of amides is 1. The van der Waals surface area contributed by atoms with Crippen molar-refractivity contribution in [3.63, 3.8) is 0 Å². The van der Waals surface area contributed by atoms with Gasteiger partial charge in [0.25, 0.3) is 0 Å². The van der Waals surface area contributed by atoms with Gasteiger partial charge in [0.1, 0.15) is 5.82 Å². The molecule has 3 rings (SSSR count). The third-order valence-electron chi connectivity index (χ3n) is 3.59. The molecule has 25 heavy (non-hydrogen) atoms. The Morgan fingerprint density at radius 1 is 1.04 bits per heavy atom. The quantitative estimate of drug-likeness (QED) is 0.829. The van der Waals surface area contributed by atoms with Gasteiger partial charge >= 0.3 is 0 Å². The van der Waals surface area contributed by atoms with Crippen LogP contribution in [0.15, 0.2) is 48.7 Å². The number of halogens is 2. The lowest BCUT2D eigenvalue weighted by molar-refractivity contribution is -0.114. The Bertz CT molecular complexity index is 635. The molecule has 0 radical (unpaired) electrons. The molecule has 0 spiro atoms. The SMILES string of the molecule is Cl.Cl.O=C(CNc1ccccc1)Nc1ccc(N2CCOCC2)nc1. The zero-order chi connectivity index (χ0) is 15.9. The Labute approximate surface area is 159 Å². The summed E-state index contributed by atoms with van der Waals surface area (Å²) in [6, 6.07) is 13.4. The lowest BCUT2D eigenvalue weighted by Crippen LogP contribution is -2.36. The predicted octanol–water partition coefficient (Wildman–Crippen LogP) is 2.81. The molecule has 0 atom stereocenters. The fourth-order valence-corrected chi connectivity index (χ4v) is 2.38. The fourth-order valence-electron chi connectivity index (χ4n) is 2.38. The molecular weight excluding hydrogens is 363 g/mol. The van der Waals surface area contributed by atoms with Crippen LogP contribution in [0.1, 0.15) is 0 Å². The smallest absolute Gasteiger partial charge is 0.243 e. The van der Waals surface area contributed by atoms with Gasteiger partial charge in [0.15, 0.2) is 0 Å². The van der Waals surface area contributed by atoms with E-state index in [4.69, 9.17) is 4.74 Å². The molecule has 2 heterocycles. The molecule has 1 aromatic carbocycles. The first-order chi connectivity index (χ1) is 11.3. The number of anilines is 3. The Balaban J connectivity index is 0.00000156. The van der Waals surface area contributed by atoms with E-state index in [1.54, 1.807) is 6.20 Å². The van der Waals surface area contributed by atoms with Gasteiger partial charge in [0.05, 0.1) is 31.6 Å². The number of pyridine rings is 1. The van der Waals surface area contributed by atoms with Crippen molar-refractivity contribution in [3.05, 3.63) is 48.7 Å². The second kappa shape index (κ2) is 10.8. The minimum absolute atomic E-state index is 0. The van der Waals surface area contributed by atoms with Gasteiger partial charge in [-0.1, -0.05) is 18.2 Å². The largest absolute Gasteiger partial charge is 0.378 e. The van der Waals surface area contributed by atoms with Crippen LogP contribution in [0, 0.1) is 0 Å². The summed E-state index contributed by atoms with van der Waals surface area (Å²) in [4.78, 5) is 18.5. The molecule has 136 valence electrons. The van der Waals surface area contributed by atoms with Crippen molar-refractivity contribution in [1.29, 1.82) is 0 Å². The summed E-state index contributed by atoms with van der Waals surface area (Å²) < 4.78 is 5.33. The van der Waals surface area contributed by atoms with Gasteiger partial charge in [-0.25, -0.2) is 4.98 Å². The highest BCUT2D eigenvalue weighted by atomic mass is 35.5. The molecule has 1 saturated heterocycles. The van der Waals surface area contributed by atoms with Crippen LogP contribution in [-0.4, -0.2) is 43.7 Å². The van der Waals surface area contributed by atoms with E-state index in [0.717, 1.165) is 37.8 Å². The van der Waals surface area contributed by atoms with Gasteiger partial charge in [0.2, 0.25) is 5.91 Å². The number of carbonyl (C=O) groups is 1. The van der Waals surface area contributed by atoms with Crippen LogP contribution in [0.25, 0.3) is 0 Å². The number of benzene rings is 1. The molecule has 2 aromatic rings. The van der Waals surface area contributed by atoms with Crippen LogP contribution in [0.5, 0.6) is 0 Å². The molecule has 2 N–H and O–H groups in total. The predicted molar refractivity (Wildman–Crippen MR) is 105 cm³/mol. The molecule has 8 heteroatoms. The van der Waals surface area contributed by atoms with Crippen LogP contribution in [0.4, 0.5) is 17.2 Å². The Morgan fingerprint density at radius 3 is 2.40 bits per heavy atom. The average molecular weight is 385 g/mol. The maximum atomic E-state index is 11.9. The number of hydrogen-bond donors (Lipinski definition) is 2. The van der Waals surface area contributed by atoms with Gasteiger partial charge in [-0.2, -0.15) is 0 Å². The molecule has 1 aliphatic rings. The molecule has 6 nitrogen and oxygen atoms in total. The van der Waals surface area contributed by atoms with Crippen LogP contribution >= 0.6 is 24.8 Å². The summed E-state index contributed by atoms with van der Waals surface area (Å²) in [6.45, 7) is 3.37. The second-order valence-corrected chi connectivity index (χ2v) is 5.27. The van der Waals surface area contributed by atoms with Crippen LogP contribution < -0.4 is 15.5 Å². The molecular formula is C17H22Cl2N4O2. The highest BCUT2D eigenvalue weighted by Gasteiger charge is 2.12. The normalized spacial score (nSPS) is 13.2. The van der Waals surface area contributed by atoms with Crippen molar-refractivity contribution < 1.29 is 9.53 Å². The summed E-state index contributed by atoms with van der Waals surface area (Å²) in [5.74, 6) is 0.809. The maximum Gasteiger partial charge on any atom is 0.243 e. The van der Waals surface area contributed by atoms with Crippen molar-refractivity contribution in [1.82, 2.24) is 4.98 Å². The number of nitrogens with zero attached hydrogens (tertiary/aromatic N) is 2. The molecule has 1 amide bonds. The monoisotopic (exact) mass is 384 g/mol. The lowest BCUT2D eigenvalue weighted by atomic mass is 10.3. The van der Waals surface area contributed by atoms with Gasteiger partial charge < -0.3 is 20.3 Å². The first-order valence-electron chi connectivity index (χ1n) is 7.69. The Kier molecular flexibility index (Phi) is 9.05. The zero-order valence-corrected chi connectivity index (χ0v) is 15.3. The van der Waals surface area contributed by atoms with Gasteiger partial charge in [0, 0.05) is 18.8 Å². The first kappa shape index (κ1) is 21.0. The summed E-state index contributed by atoms with van der Waals surface area (Å²) in [5.41, 5.74) is 1.62. The summed E-state index contributed by atoms with van der Waals surface area (Å²) >= 11 is 0. The Hall–Kier alpha value is -2.02. The van der Waals surface area contributed by atoms with Gasteiger partial charge in [-0.15, -0.1) is 24.8 Å². The second-order valence-electron chi connectivity index (χ2n) is 5.27. The number of carbonyl (C=O) groups excluding carboxylic acids is 1. The molecule has 1 aromatic heterocycles. The minimum atomic E-state index is -0.102. The van der Waals surface area contributed by atoms with Crippen molar-refractivity contribution >= 4 is 47.9 Å². The number of morpholine rings is 1. The highest BCUT2D eigenvalue weighted by Crippen LogP contribution is 2.15. The highest BCUT2D eigenvalue weighted by molar-refractivity contribution is 5.93. The molecule has 0 unspecified atom stereocenters. The topological polar surface area (TPSA) is 66.5 Å². The summed E-state index contributed by atoms with van der Waals surface area (Å²) in [5, 5.41) is 5.91. The number of para-hydroxylation sites is 1. The van der Waals surface area contributed by atoms with Gasteiger partial charge in [-0.05, 0) is 24.3 Å². The third kappa shape index (κ3) is 6.42. The number of nitrogens with one attached hydrogen (secondary N) is 2. The van der Waals surface area contributed by atoms with Crippen LogP contribution in [-0.2, 0) is 9.53 Å². The third-order valence-corrected chi connectivity index (χ3v) is 3.59. The van der Waals surface area contributed by atoms with E-state index in [2.05, 4.69) is 20.5 Å². The maximum absolute atomic E-state index is 11.9.